The van der Waals surface area contributed by atoms with E-state index in [2.05, 4.69) is 10.3 Å². The standard InChI is InChI=1S/C20H25N3O2/c24-14-10-16-9-13-23(15-16)20(25)17-4-6-19(7-5-17)22-12-8-18-3-1-2-11-21-18/h1-7,11,16,22,24H,8-10,12-15H2/t16-/m1/s1. The number of nitrogens with one attached hydrogen (secondary N) is 1. The largest absolute Gasteiger partial charge is 0.396 e. The number of nitrogens with zero attached hydrogens (tertiary/aromatic N) is 2. The number of aromatic nitrogens is 1. The predicted molar refractivity (Wildman–Crippen MR) is 98.6 cm³/mol. The fraction of sp³-hybridized carbons (Fsp3) is 0.400. The first-order valence-electron chi connectivity index (χ1n) is 8.90. The van der Waals surface area contributed by atoms with E-state index in [0.29, 0.717) is 5.92 Å². The molecule has 1 saturated heterocycles. The van der Waals surface area contributed by atoms with Gasteiger partial charge in [0.05, 0.1) is 0 Å². The molecule has 3 rings (SSSR count). The van der Waals surface area contributed by atoms with Crippen LogP contribution < -0.4 is 5.32 Å². The number of benzene rings is 1. The molecule has 0 saturated carbocycles. The van der Waals surface area contributed by atoms with Crippen molar-refractivity contribution in [2.24, 2.45) is 5.92 Å². The molecule has 5 nitrogen and oxygen atoms in total. The summed E-state index contributed by atoms with van der Waals surface area (Å²) in [5.74, 6) is 0.516. The number of carbonyl (C=O) groups excluding carboxylic acids is 1. The highest BCUT2D eigenvalue weighted by Crippen LogP contribution is 2.21. The van der Waals surface area contributed by atoms with Crippen molar-refractivity contribution in [3.05, 3.63) is 59.9 Å². The van der Waals surface area contributed by atoms with Gasteiger partial charge in [0.1, 0.15) is 0 Å². The molecule has 25 heavy (non-hydrogen) atoms. The topological polar surface area (TPSA) is 65.5 Å². The molecule has 1 aromatic carbocycles. The van der Waals surface area contributed by atoms with Crippen molar-refractivity contribution in [3.8, 4) is 0 Å². The Balaban J connectivity index is 1.49. The van der Waals surface area contributed by atoms with E-state index in [1.807, 2.05) is 47.4 Å². The van der Waals surface area contributed by atoms with Gasteiger partial charge in [-0.2, -0.15) is 0 Å². The Kier molecular flexibility index (Phi) is 6.01. The minimum atomic E-state index is 0.0838. The van der Waals surface area contributed by atoms with Crippen LogP contribution in [0.3, 0.4) is 0 Å². The van der Waals surface area contributed by atoms with Crippen LogP contribution in [0.15, 0.2) is 48.7 Å². The van der Waals surface area contributed by atoms with Crippen molar-refractivity contribution in [1.29, 1.82) is 0 Å². The maximum atomic E-state index is 12.5. The third-order valence-corrected chi connectivity index (χ3v) is 4.68. The Labute approximate surface area is 148 Å². The number of pyridine rings is 1. The zero-order valence-electron chi connectivity index (χ0n) is 14.4. The Hall–Kier alpha value is -2.40. The molecule has 0 radical (unpaired) electrons. The molecule has 2 heterocycles. The van der Waals surface area contributed by atoms with Gasteiger partial charge in [-0.25, -0.2) is 0 Å². The van der Waals surface area contributed by atoms with Gasteiger partial charge in [-0.3, -0.25) is 9.78 Å². The number of rotatable bonds is 7. The van der Waals surface area contributed by atoms with E-state index in [4.69, 9.17) is 5.11 Å². The van der Waals surface area contributed by atoms with Crippen molar-refractivity contribution in [2.45, 2.75) is 19.3 Å². The number of aliphatic hydroxyl groups is 1. The molecule has 1 aliphatic rings. The second-order valence-electron chi connectivity index (χ2n) is 6.49. The molecular weight excluding hydrogens is 314 g/mol. The van der Waals surface area contributed by atoms with Crippen LogP contribution in [0.4, 0.5) is 5.69 Å². The lowest BCUT2D eigenvalue weighted by Gasteiger charge is -2.17. The lowest BCUT2D eigenvalue weighted by Crippen LogP contribution is -2.28. The normalized spacial score (nSPS) is 16.8. The number of carbonyl (C=O) groups is 1. The Morgan fingerprint density at radius 2 is 2.08 bits per heavy atom. The van der Waals surface area contributed by atoms with Crippen molar-refractivity contribution in [2.75, 3.05) is 31.6 Å². The highest BCUT2D eigenvalue weighted by molar-refractivity contribution is 5.94. The van der Waals surface area contributed by atoms with Gasteiger partial charge in [-0.15, -0.1) is 0 Å². The number of likely N-dealkylation sites (tertiary alicyclic amines) is 1. The van der Waals surface area contributed by atoms with E-state index in [-0.39, 0.29) is 12.5 Å². The summed E-state index contributed by atoms with van der Waals surface area (Å²) in [4.78, 5) is 18.7. The van der Waals surface area contributed by atoms with E-state index in [0.717, 1.165) is 55.8 Å². The van der Waals surface area contributed by atoms with Gasteiger partial charge < -0.3 is 15.3 Å². The molecule has 0 aliphatic carbocycles. The number of hydrogen-bond acceptors (Lipinski definition) is 4. The molecule has 2 aromatic rings. The number of amides is 1. The van der Waals surface area contributed by atoms with Crippen LogP contribution in [0.5, 0.6) is 0 Å². The molecule has 5 heteroatoms. The molecule has 2 N–H and O–H groups in total. The molecule has 0 bridgehead atoms. The van der Waals surface area contributed by atoms with Gasteiger partial charge >= 0.3 is 0 Å². The van der Waals surface area contributed by atoms with Crippen molar-refractivity contribution >= 4 is 11.6 Å². The van der Waals surface area contributed by atoms with E-state index in [1.54, 1.807) is 6.20 Å². The van der Waals surface area contributed by atoms with Crippen molar-refractivity contribution in [3.63, 3.8) is 0 Å². The smallest absolute Gasteiger partial charge is 0.253 e. The van der Waals surface area contributed by atoms with E-state index < -0.39 is 0 Å². The van der Waals surface area contributed by atoms with Gasteiger partial charge in [0.25, 0.3) is 5.91 Å². The van der Waals surface area contributed by atoms with Crippen LogP contribution in [0, 0.1) is 5.92 Å². The summed E-state index contributed by atoms with van der Waals surface area (Å²) in [6.45, 7) is 2.54. The van der Waals surface area contributed by atoms with Gasteiger partial charge in [-0.1, -0.05) is 6.07 Å². The zero-order chi connectivity index (χ0) is 17.5. The summed E-state index contributed by atoms with van der Waals surface area (Å²) in [7, 11) is 0. The van der Waals surface area contributed by atoms with Crippen LogP contribution in [-0.2, 0) is 6.42 Å². The Bertz CT molecular complexity index is 673. The summed E-state index contributed by atoms with van der Waals surface area (Å²) in [6, 6.07) is 13.6. The summed E-state index contributed by atoms with van der Waals surface area (Å²) < 4.78 is 0. The van der Waals surface area contributed by atoms with Crippen LogP contribution in [0.25, 0.3) is 0 Å². The molecule has 0 spiro atoms. The van der Waals surface area contributed by atoms with Crippen molar-refractivity contribution < 1.29 is 9.90 Å². The van der Waals surface area contributed by atoms with Crippen molar-refractivity contribution in [1.82, 2.24) is 9.88 Å². The highest BCUT2D eigenvalue weighted by Gasteiger charge is 2.26. The fourth-order valence-electron chi connectivity index (χ4n) is 3.23. The maximum absolute atomic E-state index is 12.5. The molecule has 1 aliphatic heterocycles. The Morgan fingerprint density at radius 1 is 1.24 bits per heavy atom. The number of aliphatic hydroxyl groups excluding tert-OH is 1. The SMILES string of the molecule is O=C(c1ccc(NCCc2ccccn2)cc1)N1CC[C@H](CCO)C1. The van der Waals surface area contributed by atoms with Gasteiger partial charge in [0.15, 0.2) is 0 Å². The van der Waals surface area contributed by atoms with Crippen LogP contribution in [0.1, 0.15) is 28.9 Å². The minimum Gasteiger partial charge on any atom is -0.396 e. The third-order valence-electron chi connectivity index (χ3n) is 4.68. The first kappa shape index (κ1) is 17.4. The summed E-state index contributed by atoms with van der Waals surface area (Å²) >= 11 is 0. The van der Waals surface area contributed by atoms with E-state index >= 15 is 0 Å². The summed E-state index contributed by atoms with van der Waals surface area (Å²) in [6.07, 6.45) is 4.43. The van der Waals surface area contributed by atoms with Gasteiger partial charge in [-0.05, 0) is 55.2 Å². The highest BCUT2D eigenvalue weighted by atomic mass is 16.3. The molecule has 0 unspecified atom stereocenters. The fourth-order valence-corrected chi connectivity index (χ4v) is 3.23. The van der Waals surface area contributed by atoms with Crippen LogP contribution in [-0.4, -0.2) is 47.1 Å². The van der Waals surface area contributed by atoms with E-state index in [1.165, 1.54) is 0 Å². The minimum absolute atomic E-state index is 0.0838. The Morgan fingerprint density at radius 3 is 2.80 bits per heavy atom. The lowest BCUT2D eigenvalue weighted by atomic mass is 10.1. The summed E-state index contributed by atoms with van der Waals surface area (Å²) in [5.41, 5.74) is 2.79. The average molecular weight is 339 g/mol. The monoisotopic (exact) mass is 339 g/mol. The van der Waals surface area contributed by atoms with Gasteiger partial charge in [0, 0.05) is 55.8 Å². The van der Waals surface area contributed by atoms with Gasteiger partial charge in [0.2, 0.25) is 0 Å². The number of hydrogen-bond donors (Lipinski definition) is 2. The molecule has 132 valence electrons. The molecule has 1 atom stereocenters. The third kappa shape index (κ3) is 4.79. The second-order valence-corrected chi connectivity index (χ2v) is 6.49. The lowest BCUT2D eigenvalue weighted by molar-refractivity contribution is 0.0785. The predicted octanol–water partition coefficient (Wildman–Crippen LogP) is 2.58. The molecular formula is C20H25N3O2. The summed E-state index contributed by atoms with van der Waals surface area (Å²) in [5, 5.41) is 12.4. The molecule has 1 fully saturated rings. The molecule has 1 amide bonds. The zero-order valence-corrected chi connectivity index (χ0v) is 14.4. The van der Waals surface area contributed by atoms with Crippen LogP contribution in [0.2, 0.25) is 0 Å². The maximum Gasteiger partial charge on any atom is 0.253 e. The first-order valence-corrected chi connectivity index (χ1v) is 8.90. The first-order chi connectivity index (χ1) is 12.3. The quantitative estimate of drug-likeness (QED) is 0.814. The van der Waals surface area contributed by atoms with E-state index in [9.17, 15) is 4.79 Å². The molecule has 1 aromatic heterocycles. The second kappa shape index (κ2) is 8.62. The van der Waals surface area contributed by atoms with Crippen LogP contribution >= 0.6 is 0 Å². The number of anilines is 1. The average Bonchev–Trinajstić information content (AvgIpc) is 3.12.